The SMILES string of the molecule is CC(C)(C)OC(=O)Nc1cc(C(C)(C)CBr)ccc1O. The standard InChI is InChI=1S/C15H22BrNO3/c1-14(2,3)20-13(19)17-11-8-10(6-7-12(11)18)15(4,5)9-16/h6-8,18H,9H2,1-5H3,(H,17,19). The summed E-state index contributed by atoms with van der Waals surface area (Å²) in [5, 5.41) is 13.2. The highest BCUT2D eigenvalue weighted by Crippen LogP contribution is 2.32. The third kappa shape index (κ3) is 4.71. The van der Waals surface area contributed by atoms with Gasteiger partial charge in [0.15, 0.2) is 0 Å². The number of hydrogen-bond acceptors (Lipinski definition) is 3. The zero-order chi connectivity index (χ0) is 15.6. The molecule has 0 heterocycles. The van der Waals surface area contributed by atoms with Crippen molar-refractivity contribution in [2.24, 2.45) is 0 Å². The fourth-order valence-electron chi connectivity index (χ4n) is 1.55. The molecule has 5 heteroatoms. The Hall–Kier alpha value is -1.23. The molecule has 0 aromatic heterocycles. The first kappa shape index (κ1) is 16.8. The highest BCUT2D eigenvalue weighted by atomic mass is 79.9. The molecular weight excluding hydrogens is 322 g/mol. The lowest BCUT2D eigenvalue weighted by molar-refractivity contribution is 0.0635. The number of alkyl halides is 1. The van der Waals surface area contributed by atoms with E-state index >= 15 is 0 Å². The maximum Gasteiger partial charge on any atom is 0.412 e. The summed E-state index contributed by atoms with van der Waals surface area (Å²) in [6, 6.07) is 5.18. The van der Waals surface area contributed by atoms with E-state index in [-0.39, 0.29) is 11.2 Å². The van der Waals surface area contributed by atoms with E-state index in [0.717, 1.165) is 10.9 Å². The van der Waals surface area contributed by atoms with Crippen LogP contribution < -0.4 is 5.32 Å². The number of phenols is 1. The lowest BCUT2D eigenvalue weighted by Gasteiger charge is -2.24. The normalized spacial score (nSPS) is 12.1. The van der Waals surface area contributed by atoms with Crippen molar-refractivity contribution in [2.75, 3.05) is 10.6 Å². The molecular formula is C15H22BrNO3. The molecule has 0 saturated carbocycles. The van der Waals surface area contributed by atoms with Crippen LogP contribution in [0, 0.1) is 0 Å². The largest absolute Gasteiger partial charge is 0.506 e. The maximum absolute atomic E-state index is 11.8. The molecule has 0 atom stereocenters. The number of benzene rings is 1. The summed E-state index contributed by atoms with van der Waals surface area (Å²) in [6.45, 7) is 9.52. The van der Waals surface area contributed by atoms with Crippen molar-refractivity contribution in [3.8, 4) is 5.75 Å². The Balaban J connectivity index is 2.96. The Morgan fingerprint density at radius 1 is 1.30 bits per heavy atom. The third-order valence-electron chi connectivity index (χ3n) is 2.75. The van der Waals surface area contributed by atoms with E-state index in [1.807, 2.05) is 6.07 Å². The minimum Gasteiger partial charge on any atom is -0.506 e. The van der Waals surface area contributed by atoms with Gasteiger partial charge in [0.2, 0.25) is 0 Å². The fraction of sp³-hybridized carbons (Fsp3) is 0.533. The Labute approximate surface area is 128 Å². The second kappa shape index (κ2) is 6.04. The predicted molar refractivity (Wildman–Crippen MR) is 84.8 cm³/mol. The molecule has 0 radical (unpaired) electrons. The monoisotopic (exact) mass is 343 g/mol. The van der Waals surface area contributed by atoms with Gasteiger partial charge in [-0.2, -0.15) is 0 Å². The van der Waals surface area contributed by atoms with Crippen LogP contribution in [0.1, 0.15) is 40.2 Å². The average molecular weight is 344 g/mol. The van der Waals surface area contributed by atoms with Crippen LogP contribution in [0.2, 0.25) is 0 Å². The Kier molecular flexibility index (Phi) is 5.08. The first-order chi connectivity index (χ1) is 9.05. The summed E-state index contributed by atoms with van der Waals surface area (Å²) in [4.78, 5) is 11.8. The van der Waals surface area contributed by atoms with E-state index in [1.165, 1.54) is 0 Å². The van der Waals surface area contributed by atoms with Crippen LogP contribution in [-0.4, -0.2) is 22.1 Å². The number of carbonyl (C=O) groups excluding carboxylic acids is 1. The van der Waals surface area contributed by atoms with Gasteiger partial charge in [0, 0.05) is 5.33 Å². The molecule has 1 aromatic carbocycles. The van der Waals surface area contributed by atoms with Crippen molar-refractivity contribution in [2.45, 2.75) is 45.6 Å². The zero-order valence-electron chi connectivity index (χ0n) is 12.6. The van der Waals surface area contributed by atoms with E-state index < -0.39 is 11.7 Å². The number of nitrogens with one attached hydrogen (secondary N) is 1. The van der Waals surface area contributed by atoms with Gasteiger partial charge >= 0.3 is 6.09 Å². The van der Waals surface area contributed by atoms with Crippen molar-refractivity contribution in [3.63, 3.8) is 0 Å². The molecule has 0 spiro atoms. The maximum atomic E-state index is 11.8. The molecule has 2 N–H and O–H groups in total. The summed E-state index contributed by atoms with van der Waals surface area (Å²) in [5.41, 5.74) is 0.689. The molecule has 1 rings (SSSR count). The van der Waals surface area contributed by atoms with Crippen LogP contribution in [0.25, 0.3) is 0 Å². The van der Waals surface area contributed by atoms with Gasteiger partial charge in [-0.1, -0.05) is 35.8 Å². The van der Waals surface area contributed by atoms with Crippen molar-refractivity contribution in [3.05, 3.63) is 23.8 Å². The summed E-state index contributed by atoms with van der Waals surface area (Å²) in [5.74, 6) is 0.0185. The van der Waals surface area contributed by atoms with Crippen LogP contribution >= 0.6 is 15.9 Å². The molecule has 0 aliphatic rings. The number of phenolic OH excluding ortho intramolecular Hbond substituents is 1. The Morgan fingerprint density at radius 3 is 2.40 bits per heavy atom. The Bertz CT molecular complexity index is 492. The molecule has 0 aliphatic carbocycles. The number of halogens is 1. The van der Waals surface area contributed by atoms with Gasteiger partial charge in [-0.15, -0.1) is 0 Å². The van der Waals surface area contributed by atoms with E-state index in [1.54, 1.807) is 32.9 Å². The van der Waals surface area contributed by atoms with Crippen molar-refractivity contribution >= 4 is 27.7 Å². The van der Waals surface area contributed by atoms with Gasteiger partial charge in [-0.25, -0.2) is 4.79 Å². The highest BCUT2D eigenvalue weighted by molar-refractivity contribution is 9.09. The minimum atomic E-state index is -0.582. The quantitative estimate of drug-likeness (QED) is 0.631. The van der Waals surface area contributed by atoms with Crippen LogP contribution in [0.15, 0.2) is 18.2 Å². The number of ether oxygens (including phenoxy) is 1. The zero-order valence-corrected chi connectivity index (χ0v) is 14.2. The first-order valence-corrected chi connectivity index (χ1v) is 7.57. The number of amides is 1. The smallest absolute Gasteiger partial charge is 0.412 e. The predicted octanol–water partition coefficient (Wildman–Crippen LogP) is 4.41. The number of hydrogen-bond donors (Lipinski definition) is 2. The topological polar surface area (TPSA) is 58.6 Å². The second-order valence-electron chi connectivity index (χ2n) is 6.38. The molecule has 112 valence electrons. The third-order valence-corrected chi connectivity index (χ3v) is 4.15. The van der Waals surface area contributed by atoms with Gasteiger partial charge in [0.05, 0.1) is 5.69 Å². The summed E-state index contributed by atoms with van der Waals surface area (Å²) < 4.78 is 5.18. The van der Waals surface area contributed by atoms with Gasteiger partial charge in [-0.05, 0) is 43.9 Å². The Morgan fingerprint density at radius 2 is 1.90 bits per heavy atom. The van der Waals surface area contributed by atoms with Crippen LogP contribution in [0.5, 0.6) is 5.75 Å². The van der Waals surface area contributed by atoms with Crippen LogP contribution in [0.4, 0.5) is 10.5 Å². The molecule has 0 unspecified atom stereocenters. The van der Waals surface area contributed by atoms with Crippen LogP contribution in [-0.2, 0) is 10.2 Å². The van der Waals surface area contributed by atoms with Crippen molar-refractivity contribution in [1.29, 1.82) is 0 Å². The number of anilines is 1. The number of aromatic hydroxyl groups is 1. The summed E-state index contributed by atoms with van der Waals surface area (Å²) in [7, 11) is 0. The molecule has 20 heavy (non-hydrogen) atoms. The van der Waals surface area contributed by atoms with Crippen LogP contribution in [0.3, 0.4) is 0 Å². The number of carbonyl (C=O) groups is 1. The van der Waals surface area contributed by atoms with Gasteiger partial charge < -0.3 is 9.84 Å². The molecule has 0 saturated heterocycles. The van der Waals surface area contributed by atoms with Crippen molar-refractivity contribution in [1.82, 2.24) is 0 Å². The summed E-state index contributed by atoms with van der Waals surface area (Å²) in [6.07, 6.45) is -0.582. The molecule has 0 bridgehead atoms. The molecule has 0 fully saturated rings. The lowest BCUT2D eigenvalue weighted by Crippen LogP contribution is -2.27. The van der Waals surface area contributed by atoms with Gasteiger partial charge in [-0.3, -0.25) is 5.32 Å². The van der Waals surface area contributed by atoms with E-state index in [4.69, 9.17) is 4.74 Å². The van der Waals surface area contributed by atoms with Gasteiger partial charge in [0.1, 0.15) is 11.4 Å². The first-order valence-electron chi connectivity index (χ1n) is 6.44. The highest BCUT2D eigenvalue weighted by Gasteiger charge is 2.22. The van der Waals surface area contributed by atoms with Crippen molar-refractivity contribution < 1.29 is 14.6 Å². The molecule has 0 aliphatic heterocycles. The second-order valence-corrected chi connectivity index (χ2v) is 6.94. The average Bonchev–Trinajstić information content (AvgIpc) is 2.29. The fourth-order valence-corrected chi connectivity index (χ4v) is 1.87. The molecule has 4 nitrogen and oxygen atoms in total. The number of rotatable bonds is 3. The van der Waals surface area contributed by atoms with E-state index in [9.17, 15) is 9.90 Å². The minimum absolute atomic E-state index is 0.0185. The summed E-state index contributed by atoms with van der Waals surface area (Å²) >= 11 is 3.47. The lowest BCUT2D eigenvalue weighted by atomic mass is 9.86. The van der Waals surface area contributed by atoms with E-state index in [2.05, 4.69) is 35.1 Å². The van der Waals surface area contributed by atoms with Gasteiger partial charge in [0.25, 0.3) is 0 Å². The molecule has 1 aromatic rings. The van der Waals surface area contributed by atoms with E-state index in [0.29, 0.717) is 5.69 Å². The molecule has 1 amide bonds.